The molecule has 1 aromatic rings. The van der Waals surface area contributed by atoms with Gasteiger partial charge in [0.05, 0.1) is 5.56 Å². The largest absolute Gasteiger partial charge is 0.493 e. The predicted molar refractivity (Wildman–Crippen MR) is 71.1 cm³/mol. The lowest BCUT2D eigenvalue weighted by Gasteiger charge is -2.15. The molecule has 0 aliphatic heterocycles. The first-order valence-corrected chi connectivity index (χ1v) is 6.92. The van der Waals surface area contributed by atoms with Crippen molar-refractivity contribution in [3.05, 3.63) is 21.7 Å². The second-order valence-electron chi connectivity index (χ2n) is 5.53. The van der Waals surface area contributed by atoms with E-state index >= 15 is 0 Å². The summed E-state index contributed by atoms with van der Waals surface area (Å²) < 4.78 is 0. The molecule has 1 fully saturated rings. The molecule has 0 unspecified atom stereocenters. The third-order valence-corrected chi connectivity index (χ3v) is 3.77. The van der Waals surface area contributed by atoms with Gasteiger partial charge in [-0.25, -0.2) is 0 Å². The maximum absolute atomic E-state index is 12.0. The Balaban J connectivity index is 2.32. The van der Waals surface area contributed by atoms with Crippen molar-refractivity contribution >= 4 is 0 Å². The highest BCUT2D eigenvalue weighted by Gasteiger charge is 2.20. The Bertz CT molecular complexity index is 457. The predicted octanol–water partition coefficient (Wildman–Crippen LogP) is 3.04. The van der Waals surface area contributed by atoms with E-state index in [-0.39, 0.29) is 17.4 Å². The molecule has 1 aromatic heterocycles. The number of rotatable bonds is 2. The van der Waals surface area contributed by atoms with Crippen molar-refractivity contribution in [1.82, 2.24) is 9.97 Å². The first-order chi connectivity index (χ1) is 8.59. The molecule has 4 heteroatoms. The molecule has 100 valence electrons. The first kappa shape index (κ1) is 13.1. The summed E-state index contributed by atoms with van der Waals surface area (Å²) in [7, 11) is 0. The molecule has 2 rings (SSSR count). The average molecular weight is 250 g/mol. The monoisotopic (exact) mass is 250 g/mol. The molecule has 1 heterocycles. The molecule has 0 radical (unpaired) electrons. The molecular weight excluding hydrogens is 228 g/mol. The Morgan fingerprint density at radius 2 is 1.83 bits per heavy atom. The van der Waals surface area contributed by atoms with Crippen LogP contribution < -0.4 is 5.56 Å². The summed E-state index contributed by atoms with van der Waals surface area (Å²) in [6, 6.07) is 0. The van der Waals surface area contributed by atoms with Crippen molar-refractivity contribution in [2.75, 3.05) is 0 Å². The average Bonchev–Trinajstić information content (AvgIpc) is 2.55. The van der Waals surface area contributed by atoms with Crippen LogP contribution in [-0.4, -0.2) is 15.1 Å². The molecular formula is C14H22N2O2. The van der Waals surface area contributed by atoms with Gasteiger partial charge in [0, 0.05) is 5.92 Å². The van der Waals surface area contributed by atoms with Crippen LogP contribution in [0.2, 0.25) is 0 Å². The lowest BCUT2D eigenvalue weighted by atomic mass is 9.99. The zero-order valence-corrected chi connectivity index (χ0v) is 11.2. The van der Waals surface area contributed by atoms with Gasteiger partial charge in [-0.05, 0) is 18.8 Å². The number of aromatic nitrogens is 2. The van der Waals surface area contributed by atoms with Crippen LogP contribution in [0.4, 0.5) is 0 Å². The molecule has 1 aliphatic carbocycles. The fourth-order valence-corrected chi connectivity index (χ4v) is 2.75. The highest BCUT2D eigenvalue weighted by atomic mass is 16.3. The number of hydrogen-bond donors (Lipinski definition) is 2. The zero-order valence-electron chi connectivity index (χ0n) is 11.2. The third-order valence-electron chi connectivity index (χ3n) is 3.77. The van der Waals surface area contributed by atoms with Gasteiger partial charge in [-0.2, -0.15) is 4.98 Å². The Labute approximate surface area is 107 Å². The Morgan fingerprint density at radius 3 is 2.33 bits per heavy atom. The molecule has 4 nitrogen and oxygen atoms in total. The second-order valence-corrected chi connectivity index (χ2v) is 5.53. The maximum Gasteiger partial charge on any atom is 0.258 e. The van der Waals surface area contributed by atoms with E-state index in [0.717, 1.165) is 12.8 Å². The van der Waals surface area contributed by atoms with E-state index in [9.17, 15) is 9.90 Å². The quantitative estimate of drug-likeness (QED) is 0.793. The van der Waals surface area contributed by atoms with Gasteiger partial charge in [-0.15, -0.1) is 0 Å². The summed E-state index contributed by atoms with van der Waals surface area (Å²) in [5, 5.41) is 9.91. The molecule has 0 atom stereocenters. The topological polar surface area (TPSA) is 66.0 Å². The van der Waals surface area contributed by atoms with Gasteiger partial charge < -0.3 is 10.1 Å². The Morgan fingerprint density at radius 1 is 1.22 bits per heavy atom. The highest BCUT2D eigenvalue weighted by molar-refractivity contribution is 5.26. The van der Waals surface area contributed by atoms with Gasteiger partial charge in [0.25, 0.3) is 5.56 Å². The summed E-state index contributed by atoms with van der Waals surface area (Å²) in [5.41, 5.74) is 0.212. The standard InChI is InChI=1S/C14H22N2O2/c1-9(2)11-13(17)15-12(16-14(11)18)10-7-5-3-4-6-8-10/h9-10H,3-8H2,1-2H3,(H2,15,16,17,18). The Hall–Kier alpha value is -1.32. The number of nitrogens with one attached hydrogen (secondary N) is 1. The molecule has 0 bridgehead atoms. The van der Waals surface area contributed by atoms with Crippen LogP contribution in [-0.2, 0) is 0 Å². The van der Waals surface area contributed by atoms with Crippen molar-refractivity contribution in [2.45, 2.75) is 64.2 Å². The molecule has 0 saturated heterocycles. The van der Waals surface area contributed by atoms with Crippen LogP contribution in [0, 0.1) is 0 Å². The van der Waals surface area contributed by atoms with Crippen LogP contribution >= 0.6 is 0 Å². The number of nitrogens with zero attached hydrogens (tertiary/aromatic N) is 1. The summed E-state index contributed by atoms with van der Waals surface area (Å²) in [6.07, 6.45) is 7.00. The van der Waals surface area contributed by atoms with Crippen LogP contribution in [0.1, 0.15) is 75.6 Å². The van der Waals surface area contributed by atoms with E-state index in [1.54, 1.807) is 0 Å². The van der Waals surface area contributed by atoms with Crippen molar-refractivity contribution in [3.63, 3.8) is 0 Å². The molecule has 2 N–H and O–H groups in total. The summed E-state index contributed by atoms with van der Waals surface area (Å²) in [4.78, 5) is 19.1. The zero-order chi connectivity index (χ0) is 13.1. The Kier molecular flexibility index (Phi) is 4.04. The lowest BCUT2D eigenvalue weighted by molar-refractivity contribution is 0.428. The fourth-order valence-electron chi connectivity index (χ4n) is 2.75. The number of hydrogen-bond acceptors (Lipinski definition) is 3. The molecule has 0 spiro atoms. The molecule has 18 heavy (non-hydrogen) atoms. The summed E-state index contributed by atoms with van der Waals surface area (Å²) in [6.45, 7) is 3.77. The SMILES string of the molecule is CC(C)c1c(O)nc(C2CCCCCC2)[nH]c1=O. The van der Waals surface area contributed by atoms with Gasteiger partial charge in [-0.1, -0.05) is 39.5 Å². The van der Waals surface area contributed by atoms with E-state index in [1.807, 2.05) is 13.8 Å². The van der Waals surface area contributed by atoms with Crippen molar-refractivity contribution in [3.8, 4) is 5.88 Å². The molecule has 1 aliphatic rings. The first-order valence-electron chi connectivity index (χ1n) is 6.92. The highest BCUT2D eigenvalue weighted by Crippen LogP contribution is 2.30. The lowest BCUT2D eigenvalue weighted by Crippen LogP contribution is -2.19. The van der Waals surface area contributed by atoms with Crippen LogP contribution in [0.25, 0.3) is 0 Å². The minimum atomic E-state index is -0.184. The van der Waals surface area contributed by atoms with Crippen molar-refractivity contribution < 1.29 is 5.11 Å². The molecule has 0 amide bonds. The number of aromatic hydroxyl groups is 1. The molecule has 1 saturated carbocycles. The van der Waals surface area contributed by atoms with E-state index in [2.05, 4.69) is 9.97 Å². The minimum Gasteiger partial charge on any atom is -0.493 e. The smallest absolute Gasteiger partial charge is 0.258 e. The second kappa shape index (κ2) is 5.55. The van der Waals surface area contributed by atoms with Crippen LogP contribution in [0.5, 0.6) is 5.88 Å². The van der Waals surface area contributed by atoms with Gasteiger partial charge >= 0.3 is 0 Å². The maximum atomic E-state index is 12.0. The summed E-state index contributed by atoms with van der Waals surface area (Å²) in [5.74, 6) is 0.869. The van der Waals surface area contributed by atoms with Crippen molar-refractivity contribution in [2.24, 2.45) is 0 Å². The van der Waals surface area contributed by atoms with Crippen LogP contribution in [0.15, 0.2) is 4.79 Å². The van der Waals surface area contributed by atoms with E-state index in [1.165, 1.54) is 25.7 Å². The van der Waals surface area contributed by atoms with Gasteiger partial charge in [0.15, 0.2) is 0 Å². The third kappa shape index (κ3) is 2.74. The van der Waals surface area contributed by atoms with Gasteiger partial charge in [-0.3, -0.25) is 4.79 Å². The fraction of sp³-hybridized carbons (Fsp3) is 0.714. The van der Waals surface area contributed by atoms with E-state index in [0.29, 0.717) is 17.3 Å². The van der Waals surface area contributed by atoms with Gasteiger partial charge in [0.1, 0.15) is 5.82 Å². The molecule has 0 aromatic carbocycles. The number of aromatic amines is 1. The van der Waals surface area contributed by atoms with Crippen molar-refractivity contribution in [1.29, 1.82) is 0 Å². The van der Waals surface area contributed by atoms with Crippen LogP contribution in [0.3, 0.4) is 0 Å². The number of H-pyrrole nitrogens is 1. The normalized spacial score (nSPS) is 17.9. The summed E-state index contributed by atoms with van der Waals surface area (Å²) >= 11 is 0. The van der Waals surface area contributed by atoms with E-state index < -0.39 is 0 Å². The van der Waals surface area contributed by atoms with Gasteiger partial charge in [0.2, 0.25) is 5.88 Å². The van der Waals surface area contributed by atoms with E-state index in [4.69, 9.17) is 0 Å². The minimum absolute atomic E-state index is 0.00978.